The van der Waals surface area contributed by atoms with Gasteiger partial charge in [0.05, 0.1) is 12.6 Å². The first-order valence-electron chi connectivity index (χ1n) is 11.2. The molecule has 0 aromatic heterocycles. The van der Waals surface area contributed by atoms with Crippen molar-refractivity contribution in [1.82, 2.24) is 25.3 Å². The molecule has 2 fully saturated rings. The Morgan fingerprint density at radius 1 is 1.17 bits per heavy atom. The SMILES string of the molecule is CCNC(=NCC(C)N1CCN(CC)CC1)N1CCC(NC(=O)OC(C)(C)C)C1.I. The molecule has 8 nitrogen and oxygen atoms in total. The number of amides is 1. The Balaban J connectivity index is 0.00000450. The fourth-order valence-corrected chi connectivity index (χ4v) is 3.82. The molecule has 2 unspecified atom stereocenters. The van der Waals surface area contributed by atoms with E-state index in [0.29, 0.717) is 6.04 Å². The second kappa shape index (κ2) is 12.9. The van der Waals surface area contributed by atoms with Crippen molar-refractivity contribution < 1.29 is 9.53 Å². The van der Waals surface area contributed by atoms with Gasteiger partial charge in [0.1, 0.15) is 5.60 Å². The zero-order valence-corrected chi connectivity index (χ0v) is 22.1. The maximum Gasteiger partial charge on any atom is 0.407 e. The third-order valence-corrected chi connectivity index (χ3v) is 5.53. The van der Waals surface area contributed by atoms with Crippen LogP contribution in [0.1, 0.15) is 48.0 Å². The summed E-state index contributed by atoms with van der Waals surface area (Å²) in [5, 5.41) is 6.41. The van der Waals surface area contributed by atoms with Crippen LogP contribution in [0.25, 0.3) is 0 Å². The molecule has 2 heterocycles. The molecule has 0 bridgehead atoms. The maximum absolute atomic E-state index is 12.0. The van der Waals surface area contributed by atoms with Gasteiger partial charge in [0, 0.05) is 51.9 Å². The van der Waals surface area contributed by atoms with Crippen molar-refractivity contribution in [2.24, 2.45) is 4.99 Å². The summed E-state index contributed by atoms with van der Waals surface area (Å²) < 4.78 is 5.38. The van der Waals surface area contributed by atoms with Crippen molar-refractivity contribution >= 4 is 36.0 Å². The van der Waals surface area contributed by atoms with Crippen LogP contribution in [0, 0.1) is 0 Å². The lowest BCUT2D eigenvalue weighted by atomic mass is 10.2. The van der Waals surface area contributed by atoms with Crippen LogP contribution in [0.4, 0.5) is 4.79 Å². The Labute approximate surface area is 200 Å². The number of hydrogen-bond donors (Lipinski definition) is 2. The molecule has 0 aliphatic carbocycles. The first-order chi connectivity index (χ1) is 13.7. The van der Waals surface area contributed by atoms with E-state index >= 15 is 0 Å². The number of piperazine rings is 1. The predicted octanol–water partition coefficient (Wildman–Crippen LogP) is 2.19. The van der Waals surface area contributed by atoms with E-state index < -0.39 is 5.60 Å². The number of carbonyl (C=O) groups excluding carboxylic acids is 1. The van der Waals surface area contributed by atoms with Gasteiger partial charge >= 0.3 is 6.09 Å². The van der Waals surface area contributed by atoms with Crippen molar-refractivity contribution in [2.75, 3.05) is 58.9 Å². The first-order valence-corrected chi connectivity index (χ1v) is 11.2. The Morgan fingerprint density at radius 3 is 2.40 bits per heavy atom. The van der Waals surface area contributed by atoms with Gasteiger partial charge < -0.3 is 25.2 Å². The molecule has 2 aliphatic rings. The second-order valence-electron chi connectivity index (χ2n) is 9.09. The number of alkyl carbamates (subject to hydrolysis) is 1. The third-order valence-electron chi connectivity index (χ3n) is 5.53. The quantitative estimate of drug-likeness (QED) is 0.307. The topological polar surface area (TPSA) is 72.4 Å². The van der Waals surface area contributed by atoms with Gasteiger partial charge in [0.2, 0.25) is 0 Å². The van der Waals surface area contributed by atoms with Crippen molar-refractivity contribution in [3.05, 3.63) is 0 Å². The summed E-state index contributed by atoms with van der Waals surface area (Å²) in [6.45, 7) is 21.2. The Kier molecular flexibility index (Phi) is 11.7. The van der Waals surface area contributed by atoms with Crippen LogP contribution in [0.5, 0.6) is 0 Å². The van der Waals surface area contributed by atoms with Gasteiger partial charge in [-0.05, 0) is 47.6 Å². The van der Waals surface area contributed by atoms with Crippen LogP contribution < -0.4 is 10.6 Å². The van der Waals surface area contributed by atoms with Crippen molar-refractivity contribution in [3.63, 3.8) is 0 Å². The van der Waals surface area contributed by atoms with Crippen LogP contribution >= 0.6 is 24.0 Å². The number of likely N-dealkylation sites (N-methyl/N-ethyl adjacent to an activating group) is 1. The monoisotopic (exact) mass is 538 g/mol. The van der Waals surface area contributed by atoms with E-state index in [4.69, 9.17) is 9.73 Å². The molecule has 0 aromatic rings. The molecule has 2 N–H and O–H groups in total. The largest absolute Gasteiger partial charge is 0.444 e. The number of carbonyl (C=O) groups is 1. The van der Waals surface area contributed by atoms with Gasteiger partial charge in [-0.25, -0.2) is 4.79 Å². The fraction of sp³-hybridized carbons (Fsp3) is 0.905. The molecule has 0 saturated carbocycles. The lowest BCUT2D eigenvalue weighted by molar-refractivity contribution is 0.0507. The average molecular weight is 539 g/mol. The maximum atomic E-state index is 12.0. The number of hydrogen-bond acceptors (Lipinski definition) is 5. The summed E-state index contributed by atoms with van der Waals surface area (Å²) in [7, 11) is 0. The highest BCUT2D eigenvalue weighted by Gasteiger charge is 2.28. The van der Waals surface area contributed by atoms with Crippen LogP contribution in [-0.2, 0) is 4.74 Å². The molecule has 0 radical (unpaired) electrons. The molecule has 2 saturated heterocycles. The zero-order valence-electron chi connectivity index (χ0n) is 19.7. The zero-order chi connectivity index (χ0) is 21.4. The number of halogens is 1. The number of rotatable bonds is 6. The molecular weight excluding hydrogens is 495 g/mol. The van der Waals surface area contributed by atoms with Crippen LogP contribution in [0.3, 0.4) is 0 Å². The molecule has 1 amide bonds. The highest BCUT2D eigenvalue weighted by Crippen LogP contribution is 2.13. The minimum atomic E-state index is -0.475. The van der Waals surface area contributed by atoms with Gasteiger partial charge in [-0.2, -0.15) is 0 Å². The van der Waals surface area contributed by atoms with Crippen molar-refractivity contribution in [1.29, 1.82) is 0 Å². The Bertz CT molecular complexity index is 546. The number of nitrogens with zero attached hydrogens (tertiary/aromatic N) is 4. The normalized spacial score (nSPS) is 22.4. The molecular formula is C21H43IN6O2. The molecule has 0 aromatic carbocycles. The van der Waals surface area contributed by atoms with E-state index in [1.54, 1.807) is 0 Å². The molecule has 0 spiro atoms. The summed E-state index contributed by atoms with van der Waals surface area (Å²) in [5.41, 5.74) is -0.475. The Hall–Kier alpha value is -0.810. The number of likely N-dealkylation sites (tertiary alicyclic amines) is 1. The standard InChI is InChI=1S/C21H42N6O2.HI/c1-7-22-19(23-15-17(3)26-13-11-25(8-2)12-14-26)27-10-9-18(16-27)24-20(28)29-21(4,5)6;/h17-18H,7-16H2,1-6H3,(H,22,23)(H,24,28);1H. The molecule has 2 atom stereocenters. The first kappa shape index (κ1) is 27.2. The second-order valence-corrected chi connectivity index (χ2v) is 9.09. The highest BCUT2D eigenvalue weighted by atomic mass is 127. The smallest absolute Gasteiger partial charge is 0.407 e. The lowest BCUT2D eigenvalue weighted by Crippen LogP contribution is -2.50. The lowest BCUT2D eigenvalue weighted by Gasteiger charge is -2.37. The van der Waals surface area contributed by atoms with E-state index in [1.807, 2.05) is 20.8 Å². The van der Waals surface area contributed by atoms with E-state index in [1.165, 1.54) is 0 Å². The van der Waals surface area contributed by atoms with E-state index in [0.717, 1.165) is 71.3 Å². The minimum Gasteiger partial charge on any atom is -0.444 e. The van der Waals surface area contributed by atoms with Crippen molar-refractivity contribution in [2.45, 2.75) is 65.6 Å². The molecule has 176 valence electrons. The number of ether oxygens (including phenoxy) is 1. The summed E-state index contributed by atoms with van der Waals surface area (Å²) in [6, 6.07) is 0.522. The molecule has 9 heteroatoms. The van der Waals surface area contributed by atoms with E-state index in [2.05, 4.69) is 46.1 Å². The van der Waals surface area contributed by atoms with Crippen molar-refractivity contribution in [3.8, 4) is 0 Å². The van der Waals surface area contributed by atoms with Gasteiger partial charge in [-0.3, -0.25) is 9.89 Å². The predicted molar refractivity (Wildman–Crippen MR) is 134 cm³/mol. The molecule has 2 rings (SSSR count). The number of guanidine groups is 1. The number of aliphatic imine (C=N–C) groups is 1. The van der Waals surface area contributed by atoms with Gasteiger partial charge in [-0.1, -0.05) is 6.92 Å². The summed E-state index contributed by atoms with van der Waals surface area (Å²) in [4.78, 5) is 24.2. The number of nitrogens with one attached hydrogen (secondary N) is 2. The van der Waals surface area contributed by atoms with Gasteiger partial charge in [0.15, 0.2) is 5.96 Å². The Morgan fingerprint density at radius 2 is 1.83 bits per heavy atom. The van der Waals surface area contributed by atoms with E-state index in [9.17, 15) is 4.79 Å². The summed E-state index contributed by atoms with van der Waals surface area (Å²) >= 11 is 0. The van der Waals surface area contributed by atoms with Gasteiger partial charge in [0.25, 0.3) is 0 Å². The van der Waals surface area contributed by atoms with Crippen LogP contribution in [0.15, 0.2) is 4.99 Å². The van der Waals surface area contributed by atoms with Crippen LogP contribution in [-0.4, -0.2) is 103 Å². The molecule has 30 heavy (non-hydrogen) atoms. The van der Waals surface area contributed by atoms with Crippen LogP contribution in [0.2, 0.25) is 0 Å². The highest BCUT2D eigenvalue weighted by molar-refractivity contribution is 14.0. The summed E-state index contributed by atoms with van der Waals surface area (Å²) in [6.07, 6.45) is 0.559. The third kappa shape index (κ3) is 9.13. The molecule has 2 aliphatic heterocycles. The fourth-order valence-electron chi connectivity index (χ4n) is 3.82. The summed E-state index contributed by atoms with van der Waals surface area (Å²) in [5.74, 6) is 0.944. The van der Waals surface area contributed by atoms with E-state index in [-0.39, 0.29) is 36.1 Å². The van der Waals surface area contributed by atoms with Gasteiger partial charge in [-0.15, -0.1) is 24.0 Å². The minimum absolute atomic E-state index is 0. The average Bonchev–Trinajstić information content (AvgIpc) is 3.11.